The Morgan fingerprint density at radius 3 is 2.33 bits per heavy atom. The molecule has 2 aromatic rings. The van der Waals surface area contributed by atoms with Crippen molar-refractivity contribution in [3.05, 3.63) is 42.6 Å². The lowest BCUT2D eigenvalue weighted by Gasteiger charge is -1.93. The van der Waals surface area contributed by atoms with E-state index in [4.69, 9.17) is 0 Å². The van der Waals surface area contributed by atoms with Crippen LogP contribution in [0.3, 0.4) is 0 Å². The highest BCUT2D eigenvalue weighted by Crippen LogP contribution is 2.13. The first-order valence-corrected chi connectivity index (χ1v) is 3.51. The van der Waals surface area contributed by atoms with E-state index in [1.807, 2.05) is 36.4 Å². The largest absolute Gasteiger partial charge is 0.278 e. The summed E-state index contributed by atoms with van der Waals surface area (Å²) in [5.41, 5.74) is 2.23. The van der Waals surface area contributed by atoms with E-state index in [9.17, 15) is 0 Å². The van der Waals surface area contributed by atoms with E-state index in [1.165, 1.54) is 5.56 Å². The summed E-state index contributed by atoms with van der Waals surface area (Å²) >= 11 is 0. The predicted molar refractivity (Wildman–Crippen MR) is 55.1 cm³/mol. The molecular formula is C9H11N2P. The number of hydrogen-bond donors (Lipinski definition) is 1. The number of hydrogen-bond acceptors (Lipinski definition) is 1. The fourth-order valence-electron chi connectivity index (χ4n) is 1.03. The van der Waals surface area contributed by atoms with Gasteiger partial charge >= 0.3 is 0 Å². The van der Waals surface area contributed by atoms with Crippen LogP contribution >= 0.6 is 9.90 Å². The molecule has 2 rings (SSSR count). The molecule has 0 fully saturated rings. The summed E-state index contributed by atoms with van der Waals surface area (Å²) in [7, 11) is 0. The zero-order chi connectivity index (χ0) is 7.52. The Kier molecular flexibility index (Phi) is 3.01. The van der Waals surface area contributed by atoms with Crippen molar-refractivity contribution in [1.82, 2.24) is 10.2 Å². The van der Waals surface area contributed by atoms with Crippen molar-refractivity contribution in [2.45, 2.75) is 0 Å². The first kappa shape index (κ1) is 8.95. The maximum atomic E-state index is 3.87. The fourth-order valence-corrected chi connectivity index (χ4v) is 1.03. The van der Waals surface area contributed by atoms with Crippen molar-refractivity contribution in [1.29, 1.82) is 0 Å². The molecule has 1 N–H and O–H groups in total. The van der Waals surface area contributed by atoms with E-state index < -0.39 is 0 Å². The van der Waals surface area contributed by atoms with Crippen LogP contribution in [0.15, 0.2) is 42.6 Å². The summed E-state index contributed by atoms with van der Waals surface area (Å²) < 4.78 is 0. The standard InChI is InChI=1S/C9H8N2.H3P/c1-2-4-8(5-3-1)9-6-7-10-11-9;/h1-7H,(H,10,11);1H3. The molecule has 0 bridgehead atoms. The lowest BCUT2D eigenvalue weighted by molar-refractivity contribution is 1.10. The van der Waals surface area contributed by atoms with Gasteiger partial charge in [-0.15, -0.1) is 0 Å². The van der Waals surface area contributed by atoms with Crippen molar-refractivity contribution < 1.29 is 0 Å². The van der Waals surface area contributed by atoms with Gasteiger partial charge in [-0.25, -0.2) is 0 Å². The molecule has 0 saturated carbocycles. The Bertz CT molecular complexity index is 316. The average molecular weight is 178 g/mol. The SMILES string of the molecule is P.c1ccc(-c2ccn[nH]2)cc1. The molecular weight excluding hydrogens is 167 g/mol. The summed E-state index contributed by atoms with van der Waals surface area (Å²) in [6, 6.07) is 12.1. The first-order valence-electron chi connectivity index (χ1n) is 3.51. The van der Waals surface area contributed by atoms with E-state index in [0.29, 0.717) is 0 Å². The molecule has 0 spiro atoms. The Morgan fingerprint density at radius 2 is 1.75 bits per heavy atom. The van der Waals surface area contributed by atoms with Crippen LogP contribution in [0.4, 0.5) is 0 Å². The minimum Gasteiger partial charge on any atom is -0.278 e. The number of nitrogens with zero attached hydrogens (tertiary/aromatic N) is 1. The number of nitrogens with one attached hydrogen (secondary N) is 1. The molecule has 1 unspecified atom stereocenters. The molecule has 0 aliphatic rings. The average Bonchev–Trinajstić information content (AvgIpc) is 2.58. The van der Waals surface area contributed by atoms with Crippen LogP contribution in [0, 0.1) is 0 Å². The third kappa shape index (κ3) is 1.72. The molecule has 2 nitrogen and oxygen atoms in total. The zero-order valence-electron chi connectivity index (χ0n) is 6.70. The smallest absolute Gasteiger partial charge is 0.0650 e. The van der Waals surface area contributed by atoms with Crippen LogP contribution in [-0.2, 0) is 0 Å². The van der Waals surface area contributed by atoms with E-state index in [-0.39, 0.29) is 9.90 Å². The second kappa shape index (κ2) is 4.03. The first-order chi connectivity index (χ1) is 5.47. The van der Waals surface area contributed by atoms with Gasteiger partial charge in [0.25, 0.3) is 0 Å². The normalized spacial score (nSPS) is 9.00. The van der Waals surface area contributed by atoms with Gasteiger partial charge in [-0.2, -0.15) is 15.0 Å². The van der Waals surface area contributed by atoms with Gasteiger partial charge in [0.15, 0.2) is 0 Å². The Labute approximate surface area is 74.6 Å². The Hall–Kier alpha value is -1.14. The van der Waals surface area contributed by atoms with Gasteiger partial charge in [0.1, 0.15) is 0 Å². The summed E-state index contributed by atoms with van der Waals surface area (Å²) in [4.78, 5) is 0. The fraction of sp³-hybridized carbons (Fsp3) is 0. The number of benzene rings is 1. The lowest BCUT2D eigenvalue weighted by atomic mass is 10.2. The number of aromatic amines is 1. The highest BCUT2D eigenvalue weighted by Gasteiger charge is 1.94. The number of aromatic nitrogens is 2. The maximum Gasteiger partial charge on any atom is 0.0650 e. The van der Waals surface area contributed by atoms with E-state index in [0.717, 1.165) is 5.69 Å². The highest BCUT2D eigenvalue weighted by molar-refractivity contribution is 6.92. The minimum atomic E-state index is 0. The summed E-state index contributed by atoms with van der Waals surface area (Å²) in [5.74, 6) is 0. The summed E-state index contributed by atoms with van der Waals surface area (Å²) in [6.07, 6.45) is 1.75. The lowest BCUT2D eigenvalue weighted by Crippen LogP contribution is -1.75. The molecule has 0 aliphatic heterocycles. The van der Waals surface area contributed by atoms with Gasteiger partial charge in [0.05, 0.1) is 5.69 Å². The van der Waals surface area contributed by atoms with Crippen molar-refractivity contribution in [3.63, 3.8) is 0 Å². The van der Waals surface area contributed by atoms with Crippen LogP contribution in [0.2, 0.25) is 0 Å². The van der Waals surface area contributed by atoms with Crippen LogP contribution in [-0.4, -0.2) is 10.2 Å². The van der Waals surface area contributed by atoms with Crippen LogP contribution in [0.5, 0.6) is 0 Å². The van der Waals surface area contributed by atoms with Crippen LogP contribution < -0.4 is 0 Å². The predicted octanol–water partition coefficient (Wildman–Crippen LogP) is 2.13. The summed E-state index contributed by atoms with van der Waals surface area (Å²) in [6.45, 7) is 0. The van der Waals surface area contributed by atoms with Crippen molar-refractivity contribution in [3.8, 4) is 11.3 Å². The molecule has 12 heavy (non-hydrogen) atoms. The molecule has 0 aliphatic carbocycles. The molecule has 0 amide bonds. The molecule has 62 valence electrons. The van der Waals surface area contributed by atoms with Crippen molar-refractivity contribution in [2.75, 3.05) is 0 Å². The van der Waals surface area contributed by atoms with Gasteiger partial charge in [0.2, 0.25) is 0 Å². The zero-order valence-corrected chi connectivity index (χ0v) is 8.11. The molecule has 1 aromatic carbocycles. The second-order valence-corrected chi connectivity index (χ2v) is 2.34. The maximum absolute atomic E-state index is 3.87. The number of H-pyrrole nitrogens is 1. The third-order valence-corrected chi connectivity index (χ3v) is 1.59. The van der Waals surface area contributed by atoms with Crippen LogP contribution in [0.1, 0.15) is 0 Å². The van der Waals surface area contributed by atoms with E-state index in [1.54, 1.807) is 6.20 Å². The Morgan fingerprint density at radius 1 is 1.00 bits per heavy atom. The van der Waals surface area contributed by atoms with Crippen LogP contribution in [0.25, 0.3) is 11.3 Å². The summed E-state index contributed by atoms with van der Waals surface area (Å²) in [5, 5.41) is 6.78. The van der Waals surface area contributed by atoms with Gasteiger partial charge in [0, 0.05) is 6.20 Å². The van der Waals surface area contributed by atoms with E-state index >= 15 is 0 Å². The van der Waals surface area contributed by atoms with Gasteiger partial charge in [-0.3, -0.25) is 5.10 Å². The quantitative estimate of drug-likeness (QED) is 0.666. The molecule has 0 saturated heterocycles. The molecule has 0 radical (unpaired) electrons. The van der Waals surface area contributed by atoms with Gasteiger partial charge in [-0.1, -0.05) is 30.3 Å². The minimum absolute atomic E-state index is 0. The monoisotopic (exact) mass is 178 g/mol. The molecule has 1 aromatic heterocycles. The third-order valence-electron chi connectivity index (χ3n) is 1.59. The molecule has 3 heteroatoms. The Balaban J connectivity index is 0.000000720. The highest BCUT2D eigenvalue weighted by atomic mass is 31.0. The van der Waals surface area contributed by atoms with Gasteiger partial charge < -0.3 is 0 Å². The molecule has 1 heterocycles. The number of rotatable bonds is 1. The second-order valence-electron chi connectivity index (χ2n) is 2.34. The van der Waals surface area contributed by atoms with Gasteiger partial charge in [-0.05, 0) is 11.6 Å². The van der Waals surface area contributed by atoms with E-state index in [2.05, 4.69) is 10.2 Å². The topological polar surface area (TPSA) is 28.7 Å². The van der Waals surface area contributed by atoms with Crippen molar-refractivity contribution >= 4 is 9.90 Å². The molecule has 1 atom stereocenters. The van der Waals surface area contributed by atoms with Crippen molar-refractivity contribution in [2.24, 2.45) is 0 Å².